The fourth-order valence-corrected chi connectivity index (χ4v) is 1.66. The number of carbonyl (C=O) groups is 1. The molecule has 4 heteroatoms. The van der Waals surface area contributed by atoms with Gasteiger partial charge in [-0.2, -0.15) is 0 Å². The van der Waals surface area contributed by atoms with E-state index >= 15 is 0 Å². The Balaban J connectivity index is 1.68. The fraction of sp³-hybridized carbons (Fsp3) is 0.636. The van der Waals surface area contributed by atoms with Crippen LogP contribution in [0.5, 0.6) is 0 Å². The third-order valence-electron chi connectivity index (χ3n) is 2.82. The molecule has 1 aromatic heterocycles. The number of hydrogen-bond donors (Lipinski definition) is 1. The summed E-state index contributed by atoms with van der Waals surface area (Å²) < 4.78 is 5.05. The van der Waals surface area contributed by atoms with E-state index in [4.69, 9.17) is 4.52 Å². The molecule has 0 bridgehead atoms. The topological polar surface area (TPSA) is 55.1 Å². The zero-order chi connectivity index (χ0) is 10.7. The smallest absolute Gasteiger partial charge is 0.223 e. The number of nitrogens with one attached hydrogen (secondary N) is 1. The van der Waals surface area contributed by atoms with Crippen LogP contribution >= 0.6 is 0 Å². The molecule has 1 fully saturated rings. The molecular weight excluding hydrogens is 192 g/mol. The van der Waals surface area contributed by atoms with E-state index in [1.54, 1.807) is 0 Å². The molecule has 0 atom stereocenters. The minimum Gasteiger partial charge on any atom is -0.361 e. The minimum atomic E-state index is 0.192. The maximum Gasteiger partial charge on any atom is 0.223 e. The SMILES string of the molecule is Cc1cc(CCNC(=O)C2CCC2)on1. The van der Waals surface area contributed by atoms with E-state index in [-0.39, 0.29) is 11.8 Å². The van der Waals surface area contributed by atoms with Gasteiger partial charge in [0.05, 0.1) is 5.69 Å². The number of nitrogens with zero attached hydrogens (tertiary/aromatic N) is 1. The van der Waals surface area contributed by atoms with Crippen LogP contribution in [-0.2, 0) is 11.2 Å². The summed E-state index contributed by atoms with van der Waals surface area (Å²) in [4.78, 5) is 11.5. The van der Waals surface area contributed by atoms with Crippen LogP contribution in [0.1, 0.15) is 30.7 Å². The first-order valence-corrected chi connectivity index (χ1v) is 5.45. The van der Waals surface area contributed by atoms with Crippen molar-refractivity contribution in [2.45, 2.75) is 32.6 Å². The monoisotopic (exact) mass is 208 g/mol. The van der Waals surface area contributed by atoms with Gasteiger partial charge in [-0.25, -0.2) is 0 Å². The molecule has 0 spiro atoms. The largest absolute Gasteiger partial charge is 0.361 e. The highest BCUT2D eigenvalue weighted by Gasteiger charge is 2.24. The van der Waals surface area contributed by atoms with Crippen LogP contribution in [0.2, 0.25) is 0 Å². The highest BCUT2D eigenvalue weighted by Crippen LogP contribution is 2.26. The molecule has 15 heavy (non-hydrogen) atoms. The Morgan fingerprint density at radius 3 is 3.00 bits per heavy atom. The van der Waals surface area contributed by atoms with Crippen molar-refractivity contribution in [2.24, 2.45) is 5.92 Å². The van der Waals surface area contributed by atoms with Gasteiger partial charge in [0.25, 0.3) is 0 Å². The molecule has 0 aliphatic heterocycles. The van der Waals surface area contributed by atoms with Gasteiger partial charge in [0.2, 0.25) is 5.91 Å². The van der Waals surface area contributed by atoms with Crippen molar-refractivity contribution in [3.63, 3.8) is 0 Å². The van der Waals surface area contributed by atoms with Crippen molar-refractivity contribution < 1.29 is 9.32 Å². The summed E-state index contributed by atoms with van der Waals surface area (Å²) in [5.74, 6) is 1.29. The lowest BCUT2D eigenvalue weighted by Crippen LogP contribution is -2.35. The van der Waals surface area contributed by atoms with Gasteiger partial charge < -0.3 is 9.84 Å². The summed E-state index contributed by atoms with van der Waals surface area (Å²) in [6.07, 6.45) is 4.01. The highest BCUT2D eigenvalue weighted by molar-refractivity contribution is 5.79. The standard InChI is InChI=1S/C11H16N2O2/c1-8-7-10(15-13-8)5-6-12-11(14)9-3-2-4-9/h7,9H,2-6H2,1H3,(H,12,14). The third kappa shape index (κ3) is 2.58. The Bertz CT molecular complexity index is 342. The van der Waals surface area contributed by atoms with Gasteiger partial charge in [0, 0.05) is 24.9 Å². The molecule has 0 unspecified atom stereocenters. The average Bonchev–Trinajstić information content (AvgIpc) is 2.48. The molecule has 82 valence electrons. The molecule has 1 N–H and O–H groups in total. The Hall–Kier alpha value is -1.32. The van der Waals surface area contributed by atoms with Crippen LogP contribution in [0.3, 0.4) is 0 Å². The third-order valence-corrected chi connectivity index (χ3v) is 2.82. The van der Waals surface area contributed by atoms with Gasteiger partial charge >= 0.3 is 0 Å². The van der Waals surface area contributed by atoms with E-state index in [2.05, 4.69) is 10.5 Å². The lowest BCUT2D eigenvalue weighted by molar-refractivity contribution is -0.127. The number of aryl methyl sites for hydroxylation is 1. The van der Waals surface area contributed by atoms with Gasteiger partial charge in [-0.3, -0.25) is 4.79 Å². The first-order chi connectivity index (χ1) is 7.25. The number of carbonyl (C=O) groups excluding carboxylic acids is 1. The predicted molar refractivity (Wildman–Crippen MR) is 55.3 cm³/mol. The van der Waals surface area contributed by atoms with E-state index in [1.165, 1.54) is 6.42 Å². The van der Waals surface area contributed by atoms with E-state index < -0.39 is 0 Å². The zero-order valence-corrected chi connectivity index (χ0v) is 8.95. The number of rotatable bonds is 4. The Morgan fingerprint density at radius 2 is 2.47 bits per heavy atom. The second kappa shape index (κ2) is 4.47. The predicted octanol–water partition coefficient (Wildman–Crippen LogP) is 1.44. The number of amides is 1. The molecule has 2 rings (SSSR count). The second-order valence-corrected chi connectivity index (χ2v) is 4.10. The molecule has 4 nitrogen and oxygen atoms in total. The molecule has 1 saturated carbocycles. The van der Waals surface area contributed by atoms with Crippen LogP contribution in [0, 0.1) is 12.8 Å². The highest BCUT2D eigenvalue weighted by atomic mass is 16.5. The molecule has 1 aromatic rings. The van der Waals surface area contributed by atoms with E-state index in [0.29, 0.717) is 6.54 Å². The lowest BCUT2D eigenvalue weighted by Gasteiger charge is -2.23. The van der Waals surface area contributed by atoms with Crippen LogP contribution < -0.4 is 5.32 Å². The summed E-state index contributed by atoms with van der Waals surface area (Å²) in [6.45, 7) is 2.53. The van der Waals surface area contributed by atoms with Crippen LogP contribution in [0.25, 0.3) is 0 Å². The minimum absolute atomic E-state index is 0.192. The summed E-state index contributed by atoms with van der Waals surface area (Å²) in [5.41, 5.74) is 0.885. The van der Waals surface area contributed by atoms with Crippen LogP contribution in [0.4, 0.5) is 0 Å². The summed E-state index contributed by atoms with van der Waals surface area (Å²) >= 11 is 0. The Labute approximate surface area is 89.0 Å². The van der Waals surface area contributed by atoms with Gasteiger partial charge in [0.1, 0.15) is 5.76 Å². The maximum absolute atomic E-state index is 11.5. The Morgan fingerprint density at radius 1 is 1.67 bits per heavy atom. The van der Waals surface area contributed by atoms with Crippen molar-refractivity contribution in [3.8, 4) is 0 Å². The van der Waals surface area contributed by atoms with Crippen molar-refractivity contribution in [1.82, 2.24) is 10.5 Å². The van der Waals surface area contributed by atoms with Gasteiger partial charge in [-0.1, -0.05) is 11.6 Å². The zero-order valence-electron chi connectivity index (χ0n) is 8.95. The maximum atomic E-state index is 11.5. The number of aromatic nitrogens is 1. The normalized spacial score (nSPS) is 16.1. The van der Waals surface area contributed by atoms with Crippen molar-refractivity contribution in [2.75, 3.05) is 6.54 Å². The fourth-order valence-electron chi connectivity index (χ4n) is 1.66. The summed E-state index contributed by atoms with van der Waals surface area (Å²) in [7, 11) is 0. The van der Waals surface area contributed by atoms with E-state index in [0.717, 1.165) is 30.7 Å². The lowest BCUT2D eigenvalue weighted by atomic mass is 9.85. The van der Waals surface area contributed by atoms with Gasteiger partial charge in [0.15, 0.2) is 0 Å². The molecule has 0 aromatic carbocycles. The number of hydrogen-bond acceptors (Lipinski definition) is 3. The Kier molecular flexibility index (Phi) is 3.04. The van der Waals surface area contributed by atoms with Gasteiger partial charge in [-0.05, 0) is 19.8 Å². The average molecular weight is 208 g/mol. The second-order valence-electron chi connectivity index (χ2n) is 4.10. The molecular formula is C11H16N2O2. The first-order valence-electron chi connectivity index (χ1n) is 5.45. The summed E-state index contributed by atoms with van der Waals surface area (Å²) in [5, 5.41) is 6.70. The van der Waals surface area contributed by atoms with Crippen molar-refractivity contribution in [1.29, 1.82) is 0 Å². The molecule has 1 aliphatic rings. The quantitative estimate of drug-likeness (QED) is 0.814. The summed E-state index contributed by atoms with van der Waals surface area (Å²) in [6, 6.07) is 1.90. The molecule has 0 saturated heterocycles. The molecule has 1 heterocycles. The first kappa shape index (κ1) is 10.2. The van der Waals surface area contributed by atoms with E-state index in [1.807, 2.05) is 13.0 Å². The van der Waals surface area contributed by atoms with Crippen molar-refractivity contribution >= 4 is 5.91 Å². The molecule has 1 amide bonds. The van der Waals surface area contributed by atoms with Gasteiger partial charge in [-0.15, -0.1) is 0 Å². The van der Waals surface area contributed by atoms with E-state index in [9.17, 15) is 4.79 Å². The van der Waals surface area contributed by atoms with Crippen molar-refractivity contribution in [3.05, 3.63) is 17.5 Å². The molecule has 0 radical (unpaired) electrons. The van der Waals surface area contributed by atoms with Crippen LogP contribution in [0.15, 0.2) is 10.6 Å². The van der Waals surface area contributed by atoms with Crippen LogP contribution in [-0.4, -0.2) is 17.6 Å². The molecule has 1 aliphatic carbocycles.